The molecule has 0 unspecified atom stereocenters. The van der Waals surface area contributed by atoms with E-state index >= 15 is 0 Å². The van der Waals surface area contributed by atoms with Gasteiger partial charge in [-0.05, 0) is 52.9 Å². The van der Waals surface area contributed by atoms with Gasteiger partial charge in [0.05, 0.1) is 11.4 Å². The van der Waals surface area contributed by atoms with Crippen molar-refractivity contribution < 1.29 is 18.0 Å². The number of hydrogen-bond donors (Lipinski definition) is 1. The zero-order valence-electron chi connectivity index (χ0n) is 24.2. The van der Waals surface area contributed by atoms with E-state index in [1.807, 2.05) is 66.7 Å². The van der Waals surface area contributed by atoms with Gasteiger partial charge in [0, 0.05) is 31.1 Å². The van der Waals surface area contributed by atoms with Crippen LogP contribution in [-0.4, -0.2) is 55.1 Å². The topological polar surface area (TPSA) is 86.8 Å². The first-order valence-electron chi connectivity index (χ1n) is 14.5. The Morgan fingerprint density at radius 2 is 1.53 bits per heavy atom. The Hall–Kier alpha value is -3.72. The number of fused-ring (bicyclic) bond motifs is 1. The van der Waals surface area contributed by atoms with Gasteiger partial charge < -0.3 is 10.2 Å². The molecule has 0 aliphatic heterocycles. The first kappa shape index (κ1) is 30.7. The van der Waals surface area contributed by atoms with Crippen LogP contribution in [-0.2, 0) is 32.6 Å². The third-order valence-corrected chi connectivity index (χ3v) is 10.2. The summed E-state index contributed by atoms with van der Waals surface area (Å²) in [6.45, 7) is -0.389. The fourth-order valence-corrected chi connectivity index (χ4v) is 6.96. The molecule has 224 valence electrons. The lowest BCUT2D eigenvalue weighted by Gasteiger charge is -2.33. The third kappa shape index (κ3) is 7.44. The van der Waals surface area contributed by atoms with E-state index in [2.05, 4.69) is 5.32 Å². The maximum Gasteiger partial charge on any atom is 0.243 e. The van der Waals surface area contributed by atoms with Gasteiger partial charge in [-0.1, -0.05) is 103 Å². The smallest absolute Gasteiger partial charge is 0.243 e. The highest BCUT2D eigenvalue weighted by molar-refractivity contribution is 7.89. The first-order chi connectivity index (χ1) is 20.7. The van der Waals surface area contributed by atoms with Crippen LogP contribution in [0, 0.1) is 0 Å². The zero-order valence-corrected chi connectivity index (χ0v) is 25.7. The molecule has 43 heavy (non-hydrogen) atoms. The lowest BCUT2D eigenvalue weighted by atomic mass is 10.0. The van der Waals surface area contributed by atoms with E-state index < -0.39 is 28.5 Å². The summed E-state index contributed by atoms with van der Waals surface area (Å²) >= 11 is 6.52. The third-order valence-electron chi connectivity index (χ3n) is 8.06. The van der Waals surface area contributed by atoms with E-state index in [4.69, 9.17) is 11.6 Å². The number of sulfonamides is 1. The van der Waals surface area contributed by atoms with Gasteiger partial charge in [-0.2, -0.15) is 4.31 Å². The number of nitrogens with one attached hydrogen (secondary N) is 1. The predicted molar refractivity (Wildman–Crippen MR) is 170 cm³/mol. The summed E-state index contributed by atoms with van der Waals surface area (Å²) in [4.78, 5) is 29.6. The second-order valence-electron chi connectivity index (χ2n) is 11.1. The molecule has 0 spiro atoms. The SMILES string of the molecule is CN(CC(=O)N(Cc1ccccc1Cl)[C@H](Cc1ccccc1)C(=O)NC1CCCC1)S(=O)(=O)c1ccc2ccccc2c1. The van der Waals surface area contributed by atoms with Crippen LogP contribution in [0.2, 0.25) is 5.02 Å². The molecule has 2 amide bonds. The molecule has 0 saturated heterocycles. The summed E-state index contributed by atoms with van der Waals surface area (Å²) in [6.07, 6.45) is 4.17. The van der Waals surface area contributed by atoms with E-state index in [0.717, 1.165) is 46.3 Å². The molecular weight excluding hydrogens is 582 g/mol. The van der Waals surface area contributed by atoms with Crippen molar-refractivity contribution in [1.82, 2.24) is 14.5 Å². The largest absolute Gasteiger partial charge is 0.352 e. The minimum Gasteiger partial charge on any atom is -0.352 e. The summed E-state index contributed by atoms with van der Waals surface area (Å²) in [5, 5.41) is 5.34. The Balaban J connectivity index is 1.46. The van der Waals surface area contributed by atoms with Crippen LogP contribution in [0.5, 0.6) is 0 Å². The molecule has 1 fully saturated rings. The molecule has 0 heterocycles. The number of halogens is 1. The van der Waals surface area contributed by atoms with Crippen molar-refractivity contribution in [2.45, 2.75) is 55.6 Å². The van der Waals surface area contributed by atoms with Crippen LogP contribution in [0.3, 0.4) is 0 Å². The van der Waals surface area contributed by atoms with Crippen LogP contribution in [0.15, 0.2) is 102 Å². The molecule has 0 bridgehead atoms. The van der Waals surface area contributed by atoms with E-state index in [0.29, 0.717) is 10.6 Å². The maximum atomic E-state index is 14.1. The number of likely N-dealkylation sites (N-methyl/N-ethyl adjacent to an activating group) is 1. The van der Waals surface area contributed by atoms with Gasteiger partial charge in [0.1, 0.15) is 6.04 Å². The first-order valence-corrected chi connectivity index (χ1v) is 16.4. The Morgan fingerprint density at radius 1 is 0.884 bits per heavy atom. The van der Waals surface area contributed by atoms with Gasteiger partial charge in [-0.25, -0.2) is 8.42 Å². The van der Waals surface area contributed by atoms with Crippen molar-refractivity contribution in [1.29, 1.82) is 0 Å². The summed E-state index contributed by atoms with van der Waals surface area (Å²) < 4.78 is 28.3. The van der Waals surface area contributed by atoms with Crippen molar-refractivity contribution in [3.05, 3.63) is 113 Å². The minimum atomic E-state index is -4.00. The normalized spacial score (nSPS) is 14.6. The van der Waals surface area contributed by atoms with Crippen LogP contribution < -0.4 is 5.32 Å². The van der Waals surface area contributed by atoms with Crippen LogP contribution >= 0.6 is 11.6 Å². The monoisotopic (exact) mass is 617 g/mol. The van der Waals surface area contributed by atoms with Crippen LogP contribution in [0.1, 0.15) is 36.8 Å². The molecule has 0 radical (unpaired) electrons. The average molecular weight is 618 g/mol. The van der Waals surface area contributed by atoms with Gasteiger partial charge in [-0.3, -0.25) is 9.59 Å². The van der Waals surface area contributed by atoms with E-state index in [1.165, 1.54) is 11.9 Å². The molecule has 1 aliphatic carbocycles. The van der Waals surface area contributed by atoms with E-state index in [-0.39, 0.29) is 29.8 Å². The summed E-state index contributed by atoms with van der Waals surface area (Å²) in [6, 6.07) is 28.3. The molecule has 7 nitrogen and oxygen atoms in total. The predicted octanol–water partition coefficient (Wildman–Crippen LogP) is 5.81. The molecule has 5 rings (SSSR count). The van der Waals surface area contributed by atoms with E-state index in [9.17, 15) is 18.0 Å². The fourth-order valence-electron chi connectivity index (χ4n) is 5.61. The molecule has 0 aromatic heterocycles. The Morgan fingerprint density at radius 3 is 2.26 bits per heavy atom. The number of rotatable bonds is 11. The maximum absolute atomic E-state index is 14.1. The van der Waals surface area contributed by atoms with Gasteiger partial charge in [0.2, 0.25) is 21.8 Å². The highest BCUT2D eigenvalue weighted by Gasteiger charge is 2.34. The fraction of sp³-hybridized carbons (Fsp3) is 0.294. The summed E-state index contributed by atoms with van der Waals surface area (Å²) in [5.74, 6) is -0.745. The van der Waals surface area contributed by atoms with Crippen molar-refractivity contribution in [2.24, 2.45) is 0 Å². The molecule has 1 aliphatic rings. The minimum absolute atomic E-state index is 0.0535. The molecule has 1 N–H and O–H groups in total. The van der Waals surface area contributed by atoms with Gasteiger partial charge in [0.25, 0.3) is 0 Å². The standard InChI is InChI=1S/C34H36ClN3O4S/c1-37(43(41,42)30-20-19-26-13-5-6-14-27(26)22-30)24-33(39)38(23-28-15-7-10-18-31(28)35)32(21-25-11-3-2-4-12-25)34(40)36-29-16-8-9-17-29/h2-7,10-15,18-20,22,29,32H,8-9,16-17,21,23-24H2,1H3,(H,36,40)/t32-/m1/s1. The molecular formula is C34H36ClN3O4S. The molecule has 1 saturated carbocycles. The quantitative estimate of drug-likeness (QED) is 0.230. The van der Waals surface area contributed by atoms with E-state index in [1.54, 1.807) is 30.3 Å². The second-order valence-corrected chi connectivity index (χ2v) is 13.5. The highest BCUT2D eigenvalue weighted by atomic mass is 35.5. The van der Waals surface area contributed by atoms with Crippen molar-refractivity contribution in [3.63, 3.8) is 0 Å². The van der Waals surface area contributed by atoms with Gasteiger partial charge >= 0.3 is 0 Å². The summed E-state index contributed by atoms with van der Waals surface area (Å²) in [5.41, 5.74) is 1.56. The Bertz CT molecular complexity index is 1690. The highest BCUT2D eigenvalue weighted by Crippen LogP contribution is 2.24. The van der Waals surface area contributed by atoms with Gasteiger partial charge in [0.15, 0.2) is 0 Å². The number of nitrogens with zero attached hydrogens (tertiary/aromatic N) is 2. The van der Waals surface area contributed by atoms with Crippen molar-refractivity contribution in [2.75, 3.05) is 13.6 Å². The Labute approximate surface area is 258 Å². The van der Waals surface area contributed by atoms with Gasteiger partial charge in [-0.15, -0.1) is 0 Å². The lowest BCUT2D eigenvalue weighted by molar-refractivity contribution is -0.141. The number of carbonyl (C=O) groups is 2. The molecule has 1 atom stereocenters. The lowest BCUT2D eigenvalue weighted by Crippen LogP contribution is -2.54. The second kappa shape index (κ2) is 13.7. The summed E-state index contributed by atoms with van der Waals surface area (Å²) in [7, 11) is -2.61. The number of carbonyl (C=O) groups excluding carboxylic acids is 2. The average Bonchev–Trinajstić information content (AvgIpc) is 3.53. The molecule has 4 aromatic carbocycles. The zero-order chi connectivity index (χ0) is 30.4. The number of hydrogen-bond acceptors (Lipinski definition) is 4. The number of amides is 2. The molecule has 9 heteroatoms. The van der Waals surface area contributed by atoms with Crippen LogP contribution in [0.25, 0.3) is 10.8 Å². The molecule has 4 aromatic rings. The Kier molecular flexibility index (Phi) is 9.80. The van der Waals surface area contributed by atoms with Crippen LogP contribution in [0.4, 0.5) is 0 Å². The van der Waals surface area contributed by atoms with Crippen molar-refractivity contribution in [3.8, 4) is 0 Å². The van der Waals surface area contributed by atoms with Crippen molar-refractivity contribution >= 4 is 44.2 Å². The number of benzene rings is 4.